The molecule has 1 aliphatic rings. The number of nitrogens with one attached hydrogen (secondary N) is 2. The van der Waals surface area contributed by atoms with Crippen LogP contribution in [0.15, 0.2) is 0 Å². The van der Waals surface area contributed by atoms with E-state index in [1.807, 2.05) is 20.8 Å². The van der Waals surface area contributed by atoms with Gasteiger partial charge in [-0.1, -0.05) is 20.8 Å². The van der Waals surface area contributed by atoms with Gasteiger partial charge in [0.15, 0.2) is 0 Å². The van der Waals surface area contributed by atoms with Gasteiger partial charge in [-0.3, -0.25) is 4.79 Å². The van der Waals surface area contributed by atoms with Crippen LogP contribution in [0, 0.1) is 5.41 Å². The predicted molar refractivity (Wildman–Crippen MR) is 66.7 cm³/mol. The van der Waals surface area contributed by atoms with Crippen molar-refractivity contribution in [3.63, 3.8) is 0 Å². The molecular formula is C11H23ClN2O2. The summed E-state index contributed by atoms with van der Waals surface area (Å²) in [5, 5.41) is 15.6. The van der Waals surface area contributed by atoms with E-state index in [-0.39, 0.29) is 29.8 Å². The highest BCUT2D eigenvalue weighted by atomic mass is 35.5. The number of carbonyl (C=O) groups excluding carboxylic acids is 1. The van der Waals surface area contributed by atoms with Gasteiger partial charge in [-0.05, 0) is 24.8 Å². The largest absolute Gasteiger partial charge is 0.391 e. The Balaban J connectivity index is 0.00000225. The van der Waals surface area contributed by atoms with Crippen molar-refractivity contribution in [1.82, 2.24) is 10.6 Å². The van der Waals surface area contributed by atoms with Crippen molar-refractivity contribution in [2.45, 2.75) is 45.8 Å². The fourth-order valence-electron chi connectivity index (χ4n) is 1.53. The van der Waals surface area contributed by atoms with Crippen LogP contribution in [0.1, 0.15) is 33.6 Å². The van der Waals surface area contributed by atoms with Gasteiger partial charge < -0.3 is 15.7 Å². The lowest BCUT2D eigenvalue weighted by molar-refractivity contribution is -0.123. The number of rotatable bonds is 3. The molecule has 5 heteroatoms. The highest BCUT2D eigenvalue weighted by Gasteiger charge is 2.25. The summed E-state index contributed by atoms with van der Waals surface area (Å²) in [6.45, 7) is 7.12. The average Bonchev–Trinajstić information content (AvgIpc) is 2.64. The minimum absolute atomic E-state index is 0. The Bertz CT molecular complexity index is 223. The van der Waals surface area contributed by atoms with Gasteiger partial charge in [0, 0.05) is 6.54 Å². The number of aliphatic hydroxyl groups excluding tert-OH is 1. The van der Waals surface area contributed by atoms with Gasteiger partial charge in [0.05, 0.1) is 12.1 Å². The second-order valence-electron chi connectivity index (χ2n) is 5.28. The van der Waals surface area contributed by atoms with Gasteiger partial charge in [-0.2, -0.15) is 0 Å². The summed E-state index contributed by atoms with van der Waals surface area (Å²) in [5.41, 5.74) is -0.184. The molecule has 4 nitrogen and oxygen atoms in total. The molecule has 1 aliphatic heterocycles. The Morgan fingerprint density at radius 3 is 2.62 bits per heavy atom. The molecule has 2 unspecified atom stereocenters. The summed E-state index contributed by atoms with van der Waals surface area (Å²) in [6.07, 6.45) is 1.46. The van der Waals surface area contributed by atoms with Gasteiger partial charge >= 0.3 is 0 Å². The van der Waals surface area contributed by atoms with E-state index in [1.54, 1.807) is 0 Å². The fraction of sp³-hybridized carbons (Fsp3) is 0.909. The molecule has 1 amide bonds. The first-order valence-corrected chi connectivity index (χ1v) is 5.60. The molecule has 16 heavy (non-hydrogen) atoms. The Kier molecular flexibility index (Phi) is 6.30. The lowest BCUT2D eigenvalue weighted by atomic mass is 9.89. The molecule has 0 aromatic carbocycles. The second-order valence-corrected chi connectivity index (χ2v) is 5.28. The minimum atomic E-state index is -0.497. The van der Waals surface area contributed by atoms with Crippen LogP contribution >= 0.6 is 12.4 Å². The molecule has 3 N–H and O–H groups in total. The summed E-state index contributed by atoms with van der Waals surface area (Å²) >= 11 is 0. The molecule has 0 spiro atoms. The van der Waals surface area contributed by atoms with E-state index in [0.717, 1.165) is 19.4 Å². The maximum Gasteiger partial charge on any atom is 0.237 e. The molecule has 1 rings (SSSR count). The number of carbonyl (C=O) groups is 1. The van der Waals surface area contributed by atoms with E-state index in [2.05, 4.69) is 10.6 Å². The highest BCUT2D eigenvalue weighted by Crippen LogP contribution is 2.18. The third kappa shape index (κ3) is 4.68. The molecule has 0 aromatic rings. The van der Waals surface area contributed by atoms with Crippen LogP contribution in [-0.2, 0) is 4.79 Å². The lowest BCUT2D eigenvalue weighted by Crippen LogP contribution is -2.45. The number of amides is 1. The van der Waals surface area contributed by atoms with Crippen molar-refractivity contribution in [2.24, 2.45) is 5.41 Å². The molecule has 2 atom stereocenters. The smallest absolute Gasteiger partial charge is 0.237 e. The zero-order valence-electron chi connectivity index (χ0n) is 10.2. The highest BCUT2D eigenvalue weighted by molar-refractivity contribution is 5.85. The molecule has 0 aliphatic carbocycles. The molecule has 96 valence electrons. The lowest BCUT2D eigenvalue weighted by Gasteiger charge is -2.26. The maximum atomic E-state index is 11.6. The topological polar surface area (TPSA) is 61.4 Å². The normalized spacial score (nSPS) is 22.4. The molecule has 0 aromatic heterocycles. The third-order valence-corrected chi connectivity index (χ3v) is 2.85. The van der Waals surface area contributed by atoms with E-state index in [9.17, 15) is 9.90 Å². The quantitative estimate of drug-likeness (QED) is 0.691. The van der Waals surface area contributed by atoms with Crippen molar-refractivity contribution in [2.75, 3.05) is 13.1 Å². The Hall–Kier alpha value is -0.320. The van der Waals surface area contributed by atoms with Crippen molar-refractivity contribution >= 4 is 18.3 Å². The average molecular weight is 251 g/mol. The van der Waals surface area contributed by atoms with Gasteiger partial charge in [0.1, 0.15) is 0 Å². The zero-order valence-corrected chi connectivity index (χ0v) is 11.1. The molecule has 1 fully saturated rings. The monoisotopic (exact) mass is 250 g/mol. The van der Waals surface area contributed by atoms with Crippen molar-refractivity contribution in [3.8, 4) is 0 Å². The first kappa shape index (κ1) is 15.7. The van der Waals surface area contributed by atoms with Crippen LogP contribution in [0.2, 0.25) is 0 Å². The van der Waals surface area contributed by atoms with Crippen LogP contribution in [0.25, 0.3) is 0 Å². The molecule has 1 heterocycles. The maximum absolute atomic E-state index is 11.6. The summed E-state index contributed by atoms with van der Waals surface area (Å²) in [7, 11) is 0. The fourth-order valence-corrected chi connectivity index (χ4v) is 1.53. The van der Waals surface area contributed by atoms with E-state index in [4.69, 9.17) is 0 Å². The summed E-state index contributed by atoms with van der Waals surface area (Å²) in [4.78, 5) is 11.6. The van der Waals surface area contributed by atoms with Gasteiger partial charge in [-0.25, -0.2) is 0 Å². The van der Waals surface area contributed by atoms with E-state index in [1.165, 1.54) is 0 Å². The summed E-state index contributed by atoms with van der Waals surface area (Å²) in [5.74, 6) is 0.0100. The molecule has 0 radical (unpaired) electrons. The van der Waals surface area contributed by atoms with Crippen LogP contribution in [-0.4, -0.2) is 36.2 Å². The van der Waals surface area contributed by atoms with Crippen molar-refractivity contribution < 1.29 is 9.90 Å². The summed E-state index contributed by atoms with van der Waals surface area (Å²) in [6, 6.07) is -0.0582. The minimum Gasteiger partial charge on any atom is -0.391 e. The van der Waals surface area contributed by atoms with Crippen LogP contribution in [0.3, 0.4) is 0 Å². The van der Waals surface area contributed by atoms with E-state index < -0.39 is 6.10 Å². The number of aliphatic hydroxyl groups is 1. The van der Waals surface area contributed by atoms with E-state index in [0.29, 0.717) is 6.54 Å². The Morgan fingerprint density at radius 1 is 1.56 bits per heavy atom. The first-order chi connectivity index (χ1) is 6.91. The standard InChI is InChI=1S/C11H22N2O2.ClH/c1-11(2,3)9(14)7-13-10(15)8-5-4-6-12-8;/h8-9,12,14H,4-7H2,1-3H3,(H,13,15);1H. The van der Waals surface area contributed by atoms with Crippen molar-refractivity contribution in [3.05, 3.63) is 0 Å². The van der Waals surface area contributed by atoms with E-state index >= 15 is 0 Å². The Morgan fingerprint density at radius 2 is 2.19 bits per heavy atom. The number of halogens is 1. The number of hydrogen-bond donors (Lipinski definition) is 3. The van der Waals surface area contributed by atoms with Gasteiger partial charge in [0.25, 0.3) is 0 Å². The SMILES string of the molecule is CC(C)(C)C(O)CNC(=O)C1CCCN1.Cl. The third-order valence-electron chi connectivity index (χ3n) is 2.85. The van der Waals surface area contributed by atoms with Gasteiger partial charge in [0.2, 0.25) is 5.91 Å². The second kappa shape index (κ2) is 6.42. The van der Waals surface area contributed by atoms with Crippen molar-refractivity contribution in [1.29, 1.82) is 0 Å². The van der Waals surface area contributed by atoms with Gasteiger partial charge in [-0.15, -0.1) is 12.4 Å². The Labute approximate surface area is 104 Å². The first-order valence-electron chi connectivity index (χ1n) is 5.60. The van der Waals surface area contributed by atoms with Crippen LogP contribution < -0.4 is 10.6 Å². The molecule has 1 saturated heterocycles. The molecule has 0 saturated carbocycles. The zero-order chi connectivity index (χ0) is 11.5. The van der Waals surface area contributed by atoms with Crippen LogP contribution in [0.4, 0.5) is 0 Å². The predicted octanol–water partition coefficient (Wildman–Crippen LogP) is 0.683. The summed E-state index contributed by atoms with van der Waals surface area (Å²) < 4.78 is 0. The molecular weight excluding hydrogens is 228 g/mol. The van der Waals surface area contributed by atoms with Crippen LogP contribution in [0.5, 0.6) is 0 Å². The number of hydrogen-bond acceptors (Lipinski definition) is 3. The molecule has 0 bridgehead atoms.